The first kappa shape index (κ1) is 15.2. The summed E-state index contributed by atoms with van der Waals surface area (Å²) in [5.41, 5.74) is 0.0859. The molecule has 1 N–H and O–H groups in total. The van der Waals surface area contributed by atoms with Crippen molar-refractivity contribution in [2.75, 3.05) is 20.6 Å². The molecule has 0 saturated carbocycles. The molecule has 0 aliphatic rings. The third-order valence-electron chi connectivity index (χ3n) is 3.36. The first-order valence-electron chi connectivity index (χ1n) is 6.05. The van der Waals surface area contributed by atoms with Crippen LogP contribution in [-0.2, 0) is 0 Å². The molecule has 1 unspecified atom stereocenters. The topological polar surface area (TPSA) is 15.3 Å². The lowest BCUT2D eigenvalue weighted by molar-refractivity contribution is 0.139. The molecule has 1 atom stereocenters. The summed E-state index contributed by atoms with van der Waals surface area (Å²) in [6.07, 6.45) is 1.16. The molecule has 0 saturated heterocycles. The minimum atomic E-state index is 0.0859. The monoisotopic (exact) mass is 318 g/mol. The molecule has 0 aromatic carbocycles. The zero-order chi connectivity index (χ0) is 13.1. The van der Waals surface area contributed by atoms with E-state index in [-0.39, 0.29) is 5.54 Å². The lowest BCUT2D eigenvalue weighted by atomic mass is 9.91. The molecule has 0 spiro atoms. The molecule has 0 fully saturated rings. The molecule has 2 nitrogen and oxygen atoms in total. The molecule has 0 aliphatic carbocycles. The Labute approximate surface area is 118 Å². The number of nitrogens with zero attached hydrogens (tertiary/aromatic N) is 1. The van der Waals surface area contributed by atoms with E-state index >= 15 is 0 Å². The van der Waals surface area contributed by atoms with Gasteiger partial charge in [-0.2, -0.15) is 0 Å². The minimum absolute atomic E-state index is 0.0859. The molecule has 0 radical (unpaired) electrons. The van der Waals surface area contributed by atoms with Gasteiger partial charge in [0.05, 0.1) is 6.04 Å². The maximum Gasteiger partial charge on any atom is 0.0607 e. The molecule has 17 heavy (non-hydrogen) atoms. The van der Waals surface area contributed by atoms with Crippen LogP contribution in [0, 0.1) is 0 Å². The van der Waals surface area contributed by atoms with E-state index in [0.717, 1.165) is 13.0 Å². The fourth-order valence-corrected chi connectivity index (χ4v) is 3.58. The number of hydrogen-bond donors (Lipinski definition) is 1. The van der Waals surface area contributed by atoms with Crippen LogP contribution in [0.2, 0.25) is 0 Å². The van der Waals surface area contributed by atoms with Crippen LogP contribution in [0.1, 0.15) is 38.1 Å². The Morgan fingerprint density at radius 3 is 2.53 bits per heavy atom. The van der Waals surface area contributed by atoms with Gasteiger partial charge in [-0.25, -0.2) is 0 Å². The zero-order valence-corrected chi connectivity index (χ0v) is 13.8. The second-order valence-corrected chi connectivity index (χ2v) is 6.87. The van der Waals surface area contributed by atoms with Crippen LogP contribution in [-0.4, -0.2) is 31.1 Å². The van der Waals surface area contributed by atoms with E-state index in [1.165, 1.54) is 9.35 Å². The summed E-state index contributed by atoms with van der Waals surface area (Å²) in [5.74, 6) is 0. The van der Waals surface area contributed by atoms with Crippen LogP contribution < -0.4 is 5.32 Å². The summed E-state index contributed by atoms with van der Waals surface area (Å²) in [5, 5.41) is 5.82. The second kappa shape index (κ2) is 6.32. The van der Waals surface area contributed by atoms with Gasteiger partial charge >= 0.3 is 0 Å². The van der Waals surface area contributed by atoms with Crippen molar-refractivity contribution in [2.24, 2.45) is 0 Å². The Morgan fingerprint density at radius 1 is 1.47 bits per heavy atom. The maximum atomic E-state index is 3.67. The molecular formula is C13H23BrN2S. The fraction of sp³-hybridized carbons (Fsp3) is 0.692. The predicted molar refractivity (Wildman–Crippen MR) is 80.8 cm³/mol. The van der Waals surface area contributed by atoms with E-state index in [1.807, 2.05) is 11.3 Å². The summed E-state index contributed by atoms with van der Waals surface area (Å²) < 4.78 is 1.21. The van der Waals surface area contributed by atoms with Crippen LogP contribution in [0.3, 0.4) is 0 Å². The fourth-order valence-electron chi connectivity index (χ4n) is 1.72. The van der Waals surface area contributed by atoms with Crippen LogP contribution in [0.15, 0.2) is 15.9 Å². The number of likely N-dealkylation sites (N-methyl/N-ethyl adjacent to an activating group) is 1. The molecule has 1 heterocycles. The van der Waals surface area contributed by atoms with Crippen molar-refractivity contribution in [2.45, 2.75) is 38.8 Å². The van der Waals surface area contributed by atoms with E-state index in [9.17, 15) is 0 Å². The van der Waals surface area contributed by atoms with Crippen molar-refractivity contribution in [3.8, 4) is 0 Å². The molecule has 0 amide bonds. The highest BCUT2D eigenvalue weighted by Gasteiger charge is 2.34. The van der Waals surface area contributed by atoms with Crippen molar-refractivity contribution in [1.29, 1.82) is 0 Å². The van der Waals surface area contributed by atoms with E-state index in [1.54, 1.807) is 0 Å². The molecule has 1 rings (SSSR count). The number of nitrogens with one attached hydrogen (secondary N) is 1. The van der Waals surface area contributed by atoms with E-state index < -0.39 is 0 Å². The zero-order valence-electron chi connectivity index (χ0n) is 11.4. The summed E-state index contributed by atoms with van der Waals surface area (Å²) in [6, 6.07) is 2.48. The van der Waals surface area contributed by atoms with Gasteiger partial charge in [0.15, 0.2) is 0 Å². The Balaban J connectivity index is 3.00. The van der Waals surface area contributed by atoms with Crippen molar-refractivity contribution >= 4 is 27.3 Å². The number of halogens is 1. The van der Waals surface area contributed by atoms with Crippen molar-refractivity contribution in [3.63, 3.8) is 0 Å². The Bertz CT molecular complexity index is 347. The van der Waals surface area contributed by atoms with Crippen LogP contribution in [0.25, 0.3) is 0 Å². The summed E-state index contributed by atoms with van der Waals surface area (Å²) in [6.45, 7) is 7.82. The lowest BCUT2D eigenvalue weighted by Gasteiger charge is -2.40. The molecule has 0 aliphatic heterocycles. The number of thiophene rings is 1. The van der Waals surface area contributed by atoms with E-state index in [0.29, 0.717) is 6.04 Å². The molecule has 1 aromatic heterocycles. The molecule has 98 valence electrons. The Hall–Kier alpha value is 0.1000. The average Bonchev–Trinajstić information content (AvgIpc) is 2.65. The normalized spacial score (nSPS) is 14.3. The SMILES string of the molecule is CCCNC(c1sccc1Br)C(C)(C)N(C)C. The van der Waals surface area contributed by atoms with Crippen LogP contribution >= 0.6 is 27.3 Å². The van der Waals surface area contributed by atoms with Gasteiger partial charge in [-0.05, 0) is 68.3 Å². The Kier molecular flexibility index (Phi) is 5.64. The predicted octanol–water partition coefficient (Wildman–Crippen LogP) is 3.89. The average molecular weight is 319 g/mol. The number of rotatable bonds is 6. The minimum Gasteiger partial charge on any atom is -0.308 e. The first-order chi connectivity index (χ1) is 7.91. The number of hydrogen-bond acceptors (Lipinski definition) is 3. The molecule has 4 heteroatoms. The van der Waals surface area contributed by atoms with Crippen molar-refractivity contribution < 1.29 is 0 Å². The van der Waals surface area contributed by atoms with Crippen molar-refractivity contribution in [3.05, 3.63) is 20.8 Å². The third kappa shape index (κ3) is 3.53. The van der Waals surface area contributed by atoms with Gasteiger partial charge in [-0.1, -0.05) is 6.92 Å². The molecule has 1 aromatic rings. The summed E-state index contributed by atoms with van der Waals surface area (Å²) in [4.78, 5) is 3.67. The first-order valence-corrected chi connectivity index (χ1v) is 7.72. The van der Waals surface area contributed by atoms with Gasteiger partial charge in [-0.15, -0.1) is 11.3 Å². The highest BCUT2D eigenvalue weighted by Crippen LogP contribution is 2.37. The van der Waals surface area contributed by atoms with Crippen LogP contribution in [0.5, 0.6) is 0 Å². The second-order valence-electron chi connectivity index (χ2n) is 5.07. The van der Waals surface area contributed by atoms with Gasteiger partial charge in [0.25, 0.3) is 0 Å². The summed E-state index contributed by atoms with van der Waals surface area (Å²) >= 11 is 5.47. The van der Waals surface area contributed by atoms with Gasteiger partial charge < -0.3 is 10.2 Å². The van der Waals surface area contributed by atoms with Crippen molar-refractivity contribution in [1.82, 2.24) is 10.2 Å². The van der Waals surface area contributed by atoms with E-state index in [4.69, 9.17) is 0 Å². The van der Waals surface area contributed by atoms with Gasteiger partial charge in [0.2, 0.25) is 0 Å². The Morgan fingerprint density at radius 2 is 2.12 bits per heavy atom. The standard InChI is InChI=1S/C13H23BrN2S/c1-6-8-15-12(13(2,3)16(4)5)11-10(14)7-9-17-11/h7,9,12,15H,6,8H2,1-5H3. The van der Waals surface area contributed by atoms with Gasteiger partial charge in [0.1, 0.15) is 0 Å². The highest BCUT2D eigenvalue weighted by molar-refractivity contribution is 9.10. The molecular weight excluding hydrogens is 296 g/mol. The quantitative estimate of drug-likeness (QED) is 0.856. The van der Waals surface area contributed by atoms with E-state index in [2.05, 4.69) is 72.5 Å². The molecule has 0 bridgehead atoms. The lowest BCUT2D eigenvalue weighted by Crippen LogP contribution is -2.49. The van der Waals surface area contributed by atoms with Gasteiger partial charge in [-0.3, -0.25) is 0 Å². The smallest absolute Gasteiger partial charge is 0.0607 e. The highest BCUT2D eigenvalue weighted by atomic mass is 79.9. The largest absolute Gasteiger partial charge is 0.308 e. The third-order valence-corrected chi connectivity index (χ3v) is 5.30. The summed E-state index contributed by atoms with van der Waals surface area (Å²) in [7, 11) is 4.28. The maximum absolute atomic E-state index is 3.67. The van der Waals surface area contributed by atoms with Crippen LogP contribution in [0.4, 0.5) is 0 Å². The van der Waals surface area contributed by atoms with Gasteiger partial charge in [0, 0.05) is 14.9 Å².